The zero-order valence-corrected chi connectivity index (χ0v) is 17.1. The molecule has 1 N–H and O–H groups in total. The van der Waals surface area contributed by atoms with E-state index in [1.54, 1.807) is 0 Å². The zero-order chi connectivity index (χ0) is 20.0. The molecule has 0 amide bonds. The fourth-order valence-electron chi connectivity index (χ4n) is 3.51. The Hall–Kier alpha value is -2.29. The molecule has 152 valence electrons. The lowest BCUT2D eigenvalue weighted by Gasteiger charge is -2.13. The average molecular weight is 383 g/mol. The van der Waals surface area contributed by atoms with Crippen molar-refractivity contribution in [1.29, 1.82) is 0 Å². The summed E-state index contributed by atoms with van der Waals surface area (Å²) in [5.74, 6) is 0.0918. The van der Waals surface area contributed by atoms with E-state index in [0.717, 1.165) is 61.8 Å². The van der Waals surface area contributed by atoms with Crippen LogP contribution < -0.4 is 4.74 Å². The topological polar surface area (TPSA) is 46.5 Å². The molecule has 0 aliphatic heterocycles. The van der Waals surface area contributed by atoms with E-state index in [1.165, 1.54) is 12.8 Å². The second-order valence-electron chi connectivity index (χ2n) is 7.44. The van der Waals surface area contributed by atoms with Crippen LogP contribution in [0.1, 0.15) is 64.7 Å². The van der Waals surface area contributed by atoms with Crippen LogP contribution >= 0.6 is 0 Å². The maximum Gasteiger partial charge on any atom is 0.306 e. The van der Waals surface area contributed by atoms with Crippen LogP contribution in [-0.4, -0.2) is 17.7 Å². The quantitative estimate of drug-likeness (QED) is 0.359. The number of ether oxygens (including phenoxy) is 1. The first-order valence-electron chi connectivity index (χ1n) is 10.7. The molecule has 0 saturated carbocycles. The van der Waals surface area contributed by atoms with Crippen molar-refractivity contribution in [2.24, 2.45) is 5.92 Å². The van der Waals surface area contributed by atoms with Crippen LogP contribution in [0.2, 0.25) is 0 Å². The lowest BCUT2D eigenvalue weighted by molar-refractivity contribution is -0.142. The molecular weight excluding hydrogens is 348 g/mol. The highest BCUT2D eigenvalue weighted by Crippen LogP contribution is 2.29. The number of para-hydroxylation sites is 1. The van der Waals surface area contributed by atoms with E-state index < -0.39 is 5.97 Å². The van der Waals surface area contributed by atoms with Gasteiger partial charge in [-0.15, -0.1) is 0 Å². The van der Waals surface area contributed by atoms with Gasteiger partial charge in [-0.3, -0.25) is 4.79 Å². The van der Waals surface area contributed by atoms with E-state index in [4.69, 9.17) is 4.74 Å². The van der Waals surface area contributed by atoms with Crippen LogP contribution in [0, 0.1) is 5.92 Å². The molecular formula is C25H34O3. The highest BCUT2D eigenvalue weighted by atomic mass is 16.5. The Kier molecular flexibility index (Phi) is 10.2. The number of hydrogen-bond donors (Lipinski definition) is 1. The van der Waals surface area contributed by atoms with E-state index >= 15 is 0 Å². The maximum absolute atomic E-state index is 11.4. The van der Waals surface area contributed by atoms with Crippen LogP contribution in [0.3, 0.4) is 0 Å². The summed E-state index contributed by atoms with van der Waals surface area (Å²) in [6.45, 7) is 2.84. The first-order chi connectivity index (χ1) is 13.7. The van der Waals surface area contributed by atoms with Crippen molar-refractivity contribution in [3.63, 3.8) is 0 Å². The summed E-state index contributed by atoms with van der Waals surface area (Å²) in [6, 6.07) is 18.4. The normalized spacial score (nSPS) is 11.9. The number of hydrogen-bond acceptors (Lipinski definition) is 2. The third kappa shape index (κ3) is 7.75. The molecule has 0 spiro atoms. The highest BCUT2D eigenvalue weighted by molar-refractivity contribution is 5.70. The molecule has 1 unspecified atom stereocenters. The Labute approximate surface area is 169 Å². The van der Waals surface area contributed by atoms with E-state index in [-0.39, 0.29) is 5.92 Å². The summed E-state index contributed by atoms with van der Waals surface area (Å²) in [4.78, 5) is 11.4. The summed E-state index contributed by atoms with van der Waals surface area (Å²) < 4.78 is 6.02. The largest absolute Gasteiger partial charge is 0.493 e. The fourth-order valence-corrected chi connectivity index (χ4v) is 3.51. The predicted molar refractivity (Wildman–Crippen MR) is 116 cm³/mol. The van der Waals surface area contributed by atoms with Gasteiger partial charge in [0.15, 0.2) is 0 Å². The summed E-state index contributed by atoms with van der Waals surface area (Å²) in [5, 5.41) is 9.40. The van der Waals surface area contributed by atoms with Crippen molar-refractivity contribution in [2.75, 3.05) is 6.61 Å². The van der Waals surface area contributed by atoms with Crippen LogP contribution in [0.25, 0.3) is 11.1 Å². The zero-order valence-electron chi connectivity index (χ0n) is 17.1. The van der Waals surface area contributed by atoms with E-state index in [2.05, 4.69) is 25.1 Å². The third-order valence-corrected chi connectivity index (χ3v) is 5.18. The minimum atomic E-state index is -0.635. The van der Waals surface area contributed by atoms with Crippen molar-refractivity contribution < 1.29 is 14.6 Å². The Balaban J connectivity index is 1.70. The first-order valence-corrected chi connectivity index (χ1v) is 10.7. The van der Waals surface area contributed by atoms with Crippen molar-refractivity contribution in [3.8, 4) is 16.9 Å². The molecule has 0 fully saturated rings. The van der Waals surface area contributed by atoms with Crippen molar-refractivity contribution in [3.05, 3.63) is 54.6 Å². The molecule has 3 heteroatoms. The number of carboxylic acids is 1. The van der Waals surface area contributed by atoms with Crippen molar-refractivity contribution >= 4 is 5.97 Å². The van der Waals surface area contributed by atoms with Gasteiger partial charge in [-0.2, -0.15) is 0 Å². The van der Waals surface area contributed by atoms with Gasteiger partial charge in [0.25, 0.3) is 0 Å². The number of carboxylic acid groups (broad SMARTS) is 1. The molecule has 2 rings (SSSR count). The SMILES string of the molecule is CCCCCCC(CCCCCOc1ccccc1-c1ccccc1)C(=O)O. The molecule has 2 aromatic rings. The number of rotatable bonds is 14. The standard InChI is InChI=1S/C25H34O3/c1-2-3-4-7-16-22(25(26)27)17-10-6-13-20-28-24-19-12-11-18-23(24)21-14-8-5-9-15-21/h5,8-9,11-12,14-15,18-19,22H,2-4,6-7,10,13,16-17,20H2,1H3,(H,26,27). The molecule has 1 atom stereocenters. The lowest BCUT2D eigenvalue weighted by atomic mass is 9.95. The predicted octanol–water partition coefficient (Wildman–Crippen LogP) is 6.96. The van der Waals surface area contributed by atoms with Crippen LogP contribution in [0.4, 0.5) is 0 Å². The Bertz CT molecular complexity index is 681. The van der Waals surface area contributed by atoms with Gasteiger partial charge >= 0.3 is 5.97 Å². The number of benzene rings is 2. The summed E-state index contributed by atoms with van der Waals surface area (Å²) in [6.07, 6.45) is 9.07. The van der Waals surface area contributed by atoms with Gasteiger partial charge in [0.2, 0.25) is 0 Å². The number of carbonyl (C=O) groups is 1. The third-order valence-electron chi connectivity index (χ3n) is 5.18. The maximum atomic E-state index is 11.4. The first kappa shape index (κ1) is 22.0. The molecule has 0 aliphatic carbocycles. The molecule has 3 nitrogen and oxygen atoms in total. The molecule has 0 saturated heterocycles. The van der Waals surface area contributed by atoms with Gasteiger partial charge in [0.05, 0.1) is 12.5 Å². The number of unbranched alkanes of at least 4 members (excludes halogenated alkanes) is 5. The van der Waals surface area contributed by atoms with Gasteiger partial charge in [0, 0.05) is 5.56 Å². The Morgan fingerprint density at radius 3 is 2.18 bits per heavy atom. The average Bonchev–Trinajstić information content (AvgIpc) is 2.72. The van der Waals surface area contributed by atoms with E-state index in [0.29, 0.717) is 6.61 Å². The van der Waals surface area contributed by atoms with Crippen molar-refractivity contribution in [2.45, 2.75) is 64.7 Å². The molecule has 0 bridgehead atoms. The number of aliphatic carboxylic acids is 1. The van der Waals surface area contributed by atoms with Gasteiger partial charge in [-0.05, 0) is 30.9 Å². The molecule has 0 aromatic heterocycles. The Morgan fingerprint density at radius 2 is 1.50 bits per heavy atom. The van der Waals surface area contributed by atoms with Crippen LogP contribution in [0.15, 0.2) is 54.6 Å². The summed E-state index contributed by atoms with van der Waals surface area (Å²) >= 11 is 0. The van der Waals surface area contributed by atoms with Gasteiger partial charge in [-0.1, -0.05) is 94.0 Å². The summed E-state index contributed by atoms with van der Waals surface area (Å²) in [7, 11) is 0. The van der Waals surface area contributed by atoms with Gasteiger partial charge in [0.1, 0.15) is 5.75 Å². The molecule has 0 aliphatic rings. The molecule has 2 aromatic carbocycles. The smallest absolute Gasteiger partial charge is 0.306 e. The molecule has 0 heterocycles. The van der Waals surface area contributed by atoms with Gasteiger partial charge < -0.3 is 9.84 Å². The van der Waals surface area contributed by atoms with E-state index in [9.17, 15) is 9.90 Å². The Morgan fingerprint density at radius 1 is 0.857 bits per heavy atom. The molecule has 28 heavy (non-hydrogen) atoms. The second-order valence-corrected chi connectivity index (χ2v) is 7.44. The van der Waals surface area contributed by atoms with E-state index in [1.807, 2.05) is 36.4 Å². The van der Waals surface area contributed by atoms with Crippen LogP contribution in [0.5, 0.6) is 5.75 Å². The highest BCUT2D eigenvalue weighted by Gasteiger charge is 2.16. The van der Waals surface area contributed by atoms with Crippen LogP contribution in [-0.2, 0) is 4.79 Å². The molecule has 0 radical (unpaired) electrons. The second kappa shape index (κ2) is 13.0. The van der Waals surface area contributed by atoms with Crippen molar-refractivity contribution in [1.82, 2.24) is 0 Å². The lowest BCUT2D eigenvalue weighted by Crippen LogP contribution is -2.13. The fraction of sp³-hybridized carbons (Fsp3) is 0.480. The minimum absolute atomic E-state index is 0.184. The van der Waals surface area contributed by atoms with Gasteiger partial charge in [-0.25, -0.2) is 0 Å². The monoisotopic (exact) mass is 382 g/mol. The summed E-state index contributed by atoms with van der Waals surface area (Å²) in [5.41, 5.74) is 2.27. The minimum Gasteiger partial charge on any atom is -0.493 e.